The molecule has 2 heterocycles. The Morgan fingerprint density at radius 3 is 2.43 bits per heavy atom. The number of nitrogens with zero attached hydrogens (tertiary/aromatic N) is 3. The number of aromatic nitrogens is 2. The first-order chi connectivity index (χ1) is 13.8. The summed E-state index contributed by atoms with van der Waals surface area (Å²) in [5.74, 6) is 1.93. The molecule has 0 saturated heterocycles. The molecular weight excluding hydrogens is 346 g/mol. The van der Waals surface area contributed by atoms with Gasteiger partial charge in [0.2, 0.25) is 0 Å². The number of hydrogen-bond acceptors (Lipinski definition) is 3. The molecule has 0 fully saturated rings. The number of rotatable bonds is 4. The zero-order valence-electron chi connectivity index (χ0n) is 16.2. The van der Waals surface area contributed by atoms with Crippen LogP contribution in [0.3, 0.4) is 0 Å². The van der Waals surface area contributed by atoms with E-state index in [1.165, 1.54) is 16.8 Å². The van der Waals surface area contributed by atoms with Gasteiger partial charge in [-0.05, 0) is 55.8 Å². The maximum absolute atomic E-state index is 5.65. The first-order valence-electron chi connectivity index (χ1n) is 9.87. The van der Waals surface area contributed by atoms with Crippen LogP contribution in [0.4, 0.5) is 5.69 Å². The number of hydrogen-bond donors (Lipinski definition) is 0. The lowest BCUT2D eigenvalue weighted by Crippen LogP contribution is -2.37. The van der Waals surface area contributed by atoms with E-state index >= 15 is 0 Å². The maximum Gasteiger partial charge on any atom is 0.145 e. The summed E-state index contributed by atoms with van der Waals surface area (Å²) in [6.45, 7) is 5.80. The molecule has 0 saturated carbocycles. The molecule has 0 bridgehead atoms. The van der Waals surface area contributed by atoms with E-state index in [1.54, 1.807) is 0 Å². The van der Waals surface area contributed by atoms with Crippen LogP contribution in [0.5, 0.6) is 5.75 Å². The van der Waals surface area contributed by atoms with Gasteiger partial charge in [-0.3, -0.25) is 4.57 Å². The van der Waals surface area contributed by atoms with Crippen molar-refractivity contribution in [3.8, 4) is 17.1 Å². The molecule has 1 unspecified atom stereocenters. The molecule has 140 valence electrons. The van der Waals surface area contributed by atoms with Gasteiger partial charge in [-0.1, -0.05) is 36.4 Å². The predicted octanol–water partition coefficient (Wildman–Crippen LogP) is 5.49. The topological polar surface area (TPSA) is 30.3 Å². The summed E-state index contributed by atoms with van der Waals surface area (Å²) in [6.07, 6.45) is 0.0537. The van der Waals surface area contributed by atoms with Crippen molar-refractivity contribution >= 4 is 16.7 Å². The Kier molecular flexibility index (Phi) is 4.05. The summed E-state index contributed by atoms with van der Waals surface area (Å²) in [4.78, 5) is 7.45. The highest BCUT2D eigenvalue weighted by atomic mass is 16.5. The lowest BCUT2D eigenvalue weighted by molar-refractivity contribution is 0.340. The quantitative estimate of drug-likeness (QED) is 0.476. The van der Waals surface area contributed by atoms with Crippen molar-refractivity contribution in [2.24, 2.45) is 0 Å². The first-order valence-corrected chi connectivity index (χ1v) is 9.87. The van der Waals surface area contributed by atoms with Crippen LogP contribution < -0.4 is 9.64 Å². The van der Waals surface area contributed by atoms with Crippen molar-refractivity contribution in [1.82, 2.24) is 9.55 Å². The molecule has 1 aromatic heterocycles. The SMILES string of the molecule is CCOc1ccc(C2N(CC)c3ccccc3-c3nc4ccccc4n32)cc1. The summed E-state index contributed by atoms with van der Waals surface area (Å²) in [7, 11) is 0. The molecule has 3 aromatic carbocycles. The third-order valence-corrected chi connectivity index (χ3v) is 5.42. The molecule has 1 aliphatic heterocycles. The second-order valence-electron chi connectivity index (χ2n) is 6.97. The van der Waals surface area contributed by atoms with Crippen molar-refractivity contribution in [2.45, 2.75) is 20.0 Å². The summed E-state index contributed by atoms with van der Waals surface area (Å²) in [6, 6.07) is 25.4. The Morgan fingerprint density at radius 2 is 1.64 bits per heavy atom. The van der Waals surface area contributed by atoms with Crippen LogP contribution in [0.1, 0.15) is 25.6 Å². The fourth-order valence-electron chi connectivity index (χ4n) is 4.24. The first kappa shape index (κ1) is 16.9. The van der Waals surface area contributed by atoms with Gasteiger partial charge in [0.25, 0.3) is 0 Å². The average Bonchev–Trinajstić information content (AvgIpc) is 3.13. The highest BCUT2D eigenvalue weighted by Crippen LogP contribution is 2.44. The molecule has 28 heavy (non-hydrogen) atoms. The molecule has 1 aliphatic rings. The largest absolute Gasteiger partial charge is 0.494 e. The molecule has 0 N–H and O–H groups in total. The van der Waals surface area contributed by atoms with E-state index in [-0.39, 0.29) is 6.17 Å². The van der Waals surface area contributed by atoms with Gasteiger partial charge in [0.15, 0.2) is 0 Å². The minimum atomic E-state index is 0.0537. The number of anilines is 1. The molecule has 0 spiro atoms. The van der Waals surface area contributed by atoms with E-state index in [9.17, 15) is 0 Å². The van der Waals surface area contributed by atoms with Crippen LogP contribution in [-0.4, -0.2) is 22.7 Å². The maximum atomic E-state index is 5.65. The summed E-state index contributed by atoms with van der Waals surface area (Å²) < 4.78 is 8.02. The molecule has 4 nitrogen and oxygen atoms in total. The molecule has 5 rings (SSSR count). The van der Waals surface area contributed by atoms with E-state index in [0.717, 1.165) is 29.2 Å². The van der Waals surface area contributed by atoms with E-state index in [2.05, 4.69) is 89.2 Å². The summed E-state index contributed by atoms with van der Waals surface area (Å²) >= 11 is 0. The van der Waals surface area contributed by atoms with Gasteiger partial charge < -0.3 is 9.64 Å². The van der Waals surface area contributed by atoms with Gasteiger partial charge in [-0.2, -0.15) is 0 Å². The standard InChI is InChI=1S/C24H23N3O/c1-3-26-21-11-7-5-9-19(21)23-25-20-10-6-8-12-22(20)27(23)24(26)17-13-15-18(16-14-17)28-4-2/h5-16,24H,3-4H2,1-2H3. The Morgan fingerprint density at radius 1 is 0.893 bits per heavy atom. The number of fused-ring (bicyclic) bond motifs is 5. The normalized spacial score (nSPS) is 15.4. The van der Waals surface area contributed by atoms with E-state index < -0.39 is 0 Å². The summed E-state index contributed by atoms with van der Waals surface area (Å²) in [5.41, 5.74) is 5.82. The van der Waals surface area contributed by atoms with Gasteiger partial charge in [0, 0.05) is 17.8 Å². The van der Waals surface area contributed by atoms with Gasteiger partial charge in [-0.15, -0.1) is 0 Å². The molecule has 0 aliphatic carbocycles. The third-order valence-electron chi connectivity index (χ3n) is 5.42. The third kappa shape index (κ3) is 2.48. The fourth-order valence-corrected chi connectivity index (χ4v) is 4.24. The van der Waals surface area contributed by atoms with E-state index in [0.29, 0.717) is 6.61 Å². The Labute approximate surface area is 165 Å². The molecule has 4 aromatic rings. The number of imidazole rings is 1. The predicted molar refractivity (Wildman–Crippen MR) is 114 cm³/mol. The molecule has 0 radical (unpaired) electrons. The van der Waals surface area contributed by atoms with Gasteiger partial charge in [0.1, 0.15) is 17.7 Å². The van der Waals surface area contributed by atoms with Crippen LogP contribution in [0.25, 0.3) is 22.4 Å². The number of para-hydroxylation sites is 3. The monoisotopic (exact) mass is 369 g/mol. The second kappa shape index (κ2) is 6.71. The average molecular weight is 369 g/mol. The minimum Gasteiger partial charge on any atom is -0.494 e. The van der Waals surface area contributed by atoms with Crippen LogP contribution in [-0.2, 0) is 0 Å². The summed E-state index contributed by atoms with van der Waals surface area (Å²) in [5, 5.41) is 0. The highest BCUT2D eigenvalue weighted by molar-refractivity contribution is 5.87. The Hall–Kier alpha value is -3.27. The molecule has 0 amide bonds. The van der Waals surface area contributed by atoms with Crippen molar-refractivity contribution < 1.29 is 4.74 Å². The fraction of sp³-hybridized carbons (Fsp3) is 0.208. The highest BCUT2D eigenvalue weighted by Gasteiger charge is 2.33. The van der Waals surface area contributed by atoms with Crippen molar-refractivity contribution in [1.29, 1.82) is 0 Å². The van der Waals surface area contributed by atoms with E-state index in [1.807, 2.05) is 6.92 Å². The van der Waals surface area contributed by atoms with Crippen LogP contribution in [0.15, 0.2) is 72.8 Å². The minimum absolute atomic E-state index is 0.0537. The molecule has 1 atom stereocenters. The van der Waals surface area contributed by atoms with Crippen LogP contribution in [0, 0.1) is 0 Å². The molecular formula is C24H23N3O. The lowest BCUT2D eigenvalue weighted by atomic mass is 10.0. The van der Waals surface area contributed by atoms with Crippen molar-refractivity contribution in [3.05, 3.63) is 78.4 Å². The van der Waals surface area contributed by atoms with E-state index in [4.69, 9.17) is 9.72 Å². The molecule has 4 heteroatoms. The number of benzene rings is 3. The van der Waals surface area contributed by atoms with Crippen molar-refractivity contribution in [3.63, 3.8) is 0 Å². The van der Waals surface area contributed by atoms with Crippen LogP contribution in [0.2, 0.25) is 0 Å². The Balaban J connectivity index is 1.77. The smallest absolute Gasteiger partial charge is 0.145 e. The number of ether oxygens (including phenoxy) is 1. The lowest BCUT2D eigenvalue weighted by Gasteiger charge is -2.40. The van der Waals surface area contributed by atoms with Gasteiger partial charge >= 0.3 is 0 Å². The van der Waals surface area contributed by atoms with Gasteiger partial charge in [0.05, 0.1) is 17.6 Å². The van der Waals surface area contributed by atoms with Gasteiger partial charge in [-0.25, -0.2) is 4.98 Å². The zero-order chi connectivity index (χ0) is 19.1. The van der Waals surface area contributed by atoms with Crippen molar-refractivity contribution in [2.75, 3.05) is 18.1 Å². The van der Waals surface area contributed by atoms with Crippen LogP contribution >= 0.6 is 0 Å². The zero-order valence-corrected chi connectivity index (χ0v) is 16.2. The second-order valence-corrected chi connectivity index (χ2v) is 6.97. The Bertz CT molecular complexity index is 1130.